The Kier molecular flexibility index (Phi) is 8.37. The first kappa shape index (κ1) is 28.4. The molecule has 1 N–H and O–H groups in total. The lowest BCUT2D eigenvalue weighted by Gasteiger charge is -2.30. The lowest BCUT2D eigenvalue weighted by molar-refractivity contribution is 0.334. The van der Waals surface area contributed by atoms with Gasteiger partial charge in [-0.3, -0.25) is 4.55 Å². The molecule has 0 bridgehead atoms. The van der Waals surface area contributed by atoms with Crippen LogP contribution in [-0.4, -0.2) is 13.0 Å². The zero-order chi connectivity index (χ0) is 28.4. The van der Waals surface area contributed by atoms with Crippen LogP contribution in [0.2, 0.25) is 0 Å². The van der Waals surface area contributed by atoms with Gasteiger partial charge in [-0.2, -0.15) is 17.2 Å². The van der Waals surface area contributed by atoms with Crippen LogP contribution in [-0.2, 0) is 10.1 Å². The lowest BCUT2D eigenvalue weighted by Crippen LogP contribution is -2.14. The molecular formula is C30H30F4O5S. The van der Waals surface area contributed by atoms with Gasteiger partial charge in [-0.25, -0.2) is 8.78 Å². The summed E-state index contributed by atoms with van der Waals surface area (Å²) in [4.78, 5) is -2.10. The van der Waals surface area contributed by atoms with Crippen molar-refractivity contribution in [2.24, 2.45) is 0 Å². The number of hydrogen-bond donors (Lipinski definition) is 1. The molecule has 0 heterocycles. The average molecular weight is 579 g/mol. The van der Waals surface area contributed by atoms with Crippen LogP contribution in [0.15, 0.2) is 47.4 Å². The lowest BCUT2D eigenvalue weighted by atomic mass is 9.79. The van der Waals surface area contributed by atoms with E-state index in [1.807, 2.05) is 18.2 Å². The number of halogens is 4. The van der Waals surface area contributed by atoms with E-state index < -0.39 is 44.0 Å². The second-order valence-corrected chi connectivity index (χ2v) is 11.9. The third kappa shape index (κ3) is 5.83. The molecule has 2 aliphatic carbocycles. The molecule has 0 unspecified atom stereocenters. The van der Waals surface area contributed by atoms with Gasteiger partial charge in [-0.05, 0) is 61.8 Å². The Balaban J connectivity index is 1.69. The zero-order valence-electron chi connectivity index (χ0n) is 21.8. The maximum Gasteiger partial charge on any atom is 0.300 e. The summed E-state index contributed by atoms with van der Waals surface area (Å²) in [6, 6.07) is 12.6. The van der Waals surface area contributed by atoms with E-state index in [0.717, 1.165) is 64.2 Å². The molecule has 214 valence electrons. The predicted octanol–water partition coefficient (Wildman–Crippen LogP) is 9.17. The summed E-state index contributed by atoms with van der Waals surface area (Å²) >= 11 is 0. The van der Waals surface area contributed by atoms with Crippen molar-refractivity contribution in [3.05, 3.63) is 76.9 Å². The number of rotatable bonds is 7. The summed E-state index contributed by atoms with van der Waals surface area (Å²) < 4.78 is 104. The van der Waals surface area contributed by atoms with Crippen molar-refractivity contribution in [2.75, 3.05) is 0 Å². The fraction of sp³-hybridized carbons (Fsp3) is 0.400. The molecule has 0 aromatic heterocycles. The largest absolute Gasteiger partial charge is 0.457 e. The zero-order valence-corrected chi connectivity index (χ0v) is 22.6. The number of benzene rings is 3. The van der Waals surface area contributed by atoms with Crippen LogP contribution in [0.3, 0.4) is 0 Å². The fourth-order valence-corrected chi connectivity index (χ4v) is 6.52. The Labute approximate surface area is 230 Å². The molecule has 2 saturated carbocycles. The highest BCUT2D eigenvalue weighted by atomic mass is 32.2. The number of para-hydroxylation sites is 1. The van der Waals surface area contributed by atoms with Crippen LogP contribution in [0.5, 0.6) is 23.0 Å². The molecule has 10 heteroatoms. The second-order valence-electron chi connectivity index (χ2n) is 10.5. The third-order valence-corrected chi connectivity index (χ3v) is 8.71. The summed E-state index contributed by atoms with van der Waals surface area (Å²) in [5, 5.41) is 0. The maximum absolute atomic E-state index is 15.1. The monoisotopic (exact) mass is 578 g/mol. The van der Waals surface area contributed by atoms with E-state index in [1.165, 1.54) is 0 Å². The van der Waals surface area contributed by atoms with E-state index >= 15 is 8.78 Å². The fourth-order valence-electron chi connectivity index (χ4n) is 5.89. The highest BCUT2D eigenvalue weighted by Gasteiger charge is 2.35. The first-order valence-electron chi connectivity index (χ1n) is 13.6. The molecule has 0 aliphatic heterocycles. The van der Waals surface area contributed by atoms with E-state index in [1.54, 1.807) is 24.3 Å². The minimum Gasteiger partial charge on any atom is -0.457 e. The van der Waals surface area contributed by atoms with Crippen LogP contribution >= 0.6 is 0 Å². The van der Waals surface area contributed by atoms with Crippen molar-refractivity contribution < 1.29 is 40.0 Å². The van der Waals surface area contributed by atoms with Crippen LogP contribution < -0.4 is 9.47 Å². The van der Waals surface area contributed by atoms with Gasteiger partial charge < -0.3 is 9.47 Å². The van der Waals surface area contributed by atoms with E-state index in [4.69, 9.17) is 14.0 Å². The highest BCUT2D eigenvalue weighted by Crippen LogP contribution is 2.49. The molecule has 3 aromatic carbocycles. The average Bonchev–Trinajstić information content (AvgIpc) is 2.95. The predicted molar refractivity (Wildman–Crippen MR) is 141 cm³/mol. The summed E-state index contributed by atoms with van der Waals surface area (Å²) in [5.74, 6) is -8.86. The SMILES string of the molecule is O=S(=O)(O)c1c(F)c(F)c(Oc2c(C3CCCCC3)cc(Oc3ccccc3)cc2C2CCCCC2)c(F)c1F. The van der Waals surface area contributed by atoms with Crippen molar-refractivity contribution in [3.63, 3.8) is 0 Å². The van der Waals surface area contributed by atoms with Crippen LogP contribution in [0.25, 0.3) is 0 Å². The van der Waals surface area contributed by atoms with Crippen LogP contribution in [0.4, 0.5) is 17.6 Å². The van der Waals surface area contributed by atoms with Gasteiger partial charge in [-0.1, -0.05) is 56.7 Å². The Morgan fingerprint density at radius 2 is 1.10 bits per heavy atom. The van der Waals surface area contributed by atoms with Crippen molar-refractivity contribution >= 4 is 10.1 Å². The Bertz CT molecular complexity index is 1410. The quantitative estimate of drug-likeness (QED) is 0.172. The van der Waals surface area contributed by atoms with E-state index in [0.29, 0.717) is 22.6 Å². The number of hydrogen-bond acceptors (Lipinski definition) is 4. The Hall–Kier alpha value is -3.11. The molecular weight excluding hydrogens is 548 g/mol. The first-order chi connectivity index (χ1) is 19.1. The van der Waals surface area contributed by atoms with Crippen molar-refractivity contribution in [3.8, 4) is 23.0 Å². The minimum absolute atomic E-state index is 0.0525. The topological polar surface area (TPSA) is 72.8 Å². The van der Waals surface area contributed by atoms with Crippen molar-refractivity contribution in [1.29, 1.82) is 0 Å². The van der Waals surface area contributed by atoms with Gasteiger partial charge in [0.05, 0.1) is 0 Å². The molecule has 5 rings (SSSR count). The minimum atomic E-state index is -5.59. The number of ether oxygens (including phenoxy) is 2. The molecule has 3 aromatic rings. The summed E-state index contributed by atoms with van der Waals surface area (Å²) in [7, 11) is -5.59. The second kappa shape index (κ2) is 11.8. The molecule has 40 heavy (non-hydrogen) atoms. The standard InChI is InChI=1S/C30H30F4O5S/c31-24-26(33)30(40(35,36)37)27(34)25(32)29(24)39-28-22(18-10-4-1-5-11-18)16-21(38-20-14-8-3-9-15-20)17-23(28)19-12-6-2-7-13-19/h3,8-9,14-19H,1-2,4-7,10-13H2,(H,35,36,37). The molecule has 0 radical (unpaired) electrons. The Morgan fingerprint density at radius 1 is 0.625 bits per heavy atom. The van der Waals surface area contributed by atoms with Gasteiger partial charge in [0, 0.05) is 11.1 Å². The van der Waals surface area contributed by atoms with Crippen LogP contribution in [0.1, 0.15) is 87.2 Å². The molecule has 0 atom stereocenters. The van der Waals surface area contributed by atoms with E-state index in [9.17, 15) is 17.2 Å². The molecule has 2 aliphatic rings. The van der Waals surface area contributed by atoms with Crippen LogP contribution in [0, 0.1) is 23.3 Å². The van der Waals surface area contributed by atoms with Gasteiger partial charge in [-0.15, -0.1) is 0 Å². The molecule has 2 fully saturated rings. The molecule has 0 amide bonds. The van der Waals surface area contributed by atoms with E-state index in [2.05, 4.69) is 0 Å². The van der Waals surface area contributed by atoms with E-state index in [-0.39, 0.29) is 17.6 Å². The maximum atomic E-state index is 15.1. The van der Waals surface area contributed by atoms with Crippen molar-refractivity contribution in [1.82, 2.24) is 0 Å². The van der Waals surface area contributed by atoms with Crippen molar-refractivity contribution in [2.45, 2.75) is 80.9 Å². The normalized spacial score (nSPS) is 17.1. The first-order valence-corrected chi connectivity index (χ1v) is 15.0. The van der Waals surface area contributed by atoms with Gasteiger partial charge in [0.2, 0.25) is 17.4 Å². The molecule has 5 nitrogen and oxygen atoms in total. The summed E-state index contributed by atoms with van der Waals surface area (Å²) in [6.45, 7) is 0. The van der Waals surface area contributed by atoms with Gasteiger partial charge in [0.1, 0.15) is 17.2 Å². The van der Waals surface area contributed by atoms with Gasteiger partial charge in [0.15, 0.2) is 16.5 Å². The molecule has 0 saturated heterocycles. The third-order valence-electron chi connectivity index (χ3n) is 7.83. The summed E-state index contributed by atoms with van der Waals surface area (Å²) in [5.41, 5.74) is 1.24. The van der Waals surface area contributed by atoms with Gasteiger partial charge in [0.25, 0.3) is 0 Å². The smallest absolute Gasteiger partial charge is 0.300 e. The molecule has 0 spiro atoms. The highest BCUT2D eigenvalue weighted by molar-refractivity contribution is 7.85. The Morgan fingerprint density at radius 3 is 1.55 bits per heavy atom. The van der Waals surface area contributed by atoms with Gasteiger partial charge >= 0.3 is 10.1 Å². The summed E-state index contributed by atoms with van der Waals surface area (Å²) in [6.07, 6.45) is 8.94.